The predicted octanol–water partition coefficient (Wildman–Crippen LogP) is 4.12. The molecule has 0 bridgehead atoms. The Morgan fingerprint density at radius 1 is 1.26 bits per heavy atom. The van der Waals surface area contributed by atoms with Crippen molar-refractivity contribution in [2.45, 2.75) is 62.9 Å². The highest BCUT2D eigenvalue weighted by atomic mass is 32.2. The molecule has 0 radical (unpaired) electrons. The number of thioether (sulfide) groups is 1. The van der Waals surface area contributed by atoms with Gasteiger partial charge in [-0.3, -0.25) is 4.79 Å². The van der Waals surface area contributed by atoms with E-state index in [1.807, 2.05) is 32.0 Å². The summed E-state index contributed by atoms with van der Waals surface area (Å²) in [6, 6.07) is 10.2. The standard InChI is InChI=1S/C21H28N4OS/c1-16(20(26)22-14-13-18-9-5-3-6-10-18)27-21-24-23-17(2)25(21)15-19-11-7-4-8-12-19/h4,7-9,11-12,16H,3,5-6,10,13-15H2,1-2H3,(H,22,26)/t16-/m1/s1. The van der Waals surface area contributed by atoms with Crippen molar-refractivity contribution < 1.29 is 4.79 Å². The first-order valence-corrected chi connectivity index (χ1v) is 10.6. The molecule has 0 saturated heterocycles. The van der Waals surface area contributed by atoms with E-state index in [9.17, 15) is 4.79 Å². The molecule has 0 saturated carbocycles. The Bertz CT molecular complexity index is 785. The number of nitrogens with one attached hydrogen (secondary N) is 1. The number of allylic oxidation sites excluding steroid dienone is 1. The van der Waals surface area contributed by atoms with Gasteiger partial charge in [0.1, 0.15) is 5.82 Å². The van der Waals surface area contributed by atoms with E-state index < -0.39 is 0 Å². The molecule has 1 heterocycles. The lowest BCUT2D eigenvalue weighted by molar-refractivity contribution is -0.120. The number of amides is 1. The van der Waals surface area contributed by atoms with Crippen LogP contribution in [0.4, 0.5) is 0 Å². The van der Waals surface area contributed by atoms with Crippen molar-refractivity contribution >= 4 is 17.7 Å². The van der Waals surface area contributed by atoms with Gasteiger partial charge in [-0.15, -0.1) is 10.2 Å². The number of aromatic nitrogens is 3. The molecule has 144 valence electrons. The van der Waals surface area contributed by atoms with Crippen LogP contribution in [0, 0.1) is 6.92 Å². The molecule has 1 atom stereocenters. The van der Waals surface area contributed by atoms with Gasteiger partial charge in [-0.2, -0.15) is 0 Å². The molecular formula is C21H28N4OS. The molecule has 0 aliphatic heterocycles. The number of carbonyl (C=O) groups excluding carboxylic acids is 1. The molecule has 6 heteroatoms. The number of aryl methyl sites for hydroxylation is 1. The van der Waals surface area contributed by atoms with E-state index in [1.165, 1.54) is 48.6 Å². The second-order valence-electron chi connectivity index (χ2n) is 7.01. The van der Waals surface area contributed by atoms with Gasteiger partial charge in [-0.1, -0.05) is 53.7 Å². The lowest BCUT2D eigenvalue weighted by Gasteiger charge is -2.15. The third-order valence-electron chi connectivity index (χ3n) is 4.87. The molecule has 3 rings (SSSR count). The first-order valence-electron chi connectivity index (χ1n) is 9.69. The minimum absolute atomic E-state index is 0.0586. The van der Waals surface area contributed by atoms with E-state index in [4.69, 9.17) is 0 Å². The van der Waals surface area contributed by atoms with Crippen molar-refractivity contribution in [2.24, 2.45) is 0 Å². The number of hydrogen-bond acceptors (Lipinski definition) is 4. The summed E-state index contributed by atoms with van der Waals surface area (Å²) in [6.45, 7) is 5.30. The summed E-state index contributed by atoms with van der Waals surface area (Å²) in [6.07, 6.45) is 8.25. The average Bonchev–Trinajstić information content (AvgIpc) is 3.03. The third kappa shape index (κ3) is 5.70. The van der Waals surface area contributed by atoms with Gasteiger partial charge in [0.25, 0.3) is 0 Å². The zero-order valence-electron chi connectivity index (χ0n) is 16.1. The monoisotopic (exact) mass is 384 g/mol. The van der Waals surface area contributed by atoms with Crippen LogP contribution in [0.25, 0.3) is 0 Å². The van der Waals surface area contributed by atoms with Gasteiger partial charge in [0.05, 0.1) is 11.8 Å². The van der Waals surface area contributed by atoms with Crippen molar-refractivity contribution in [2.75, 3.05) is 6.54 Å². The van der Waals surface area contributed by atoms with E-state index >= 15 is 0 Å². The Balaban J connectivity index is 1.53. The largest absolute Gasteiger partial charge is 0.355 e. The van der Waals surface area contributed by atoms with Crippen molar-refractivity contribution in [3.63, 3.8) is 0 Å². The highest BCUT2D eigenvalue weighted by Gasteiger charge is 2.19. The van der Waals surface area contributed by atoms with Gasteiger partial charge in [-0.25, -0.2) is 0 Å². The highest BCUT2D eigenvalue weighted by molar-refractivity contribution is 8.00. The second-order valence-corrected chi connectivity index (χ2v) is 8.32. The van der Waals surface area contributed by atoms with Crippen LogP contribution in [0.5, 0.6) is 0 Å². The highest BCUT2D eigenvalue weighted by Crippen LogP contribution is 2.24. The minimum atomic E-state index is -0.205. The molecule has 1 amide bonds. The summed E-state index contributed by atoms with van der Waals surface area (Å²) < 4.78 is 2.07. The van der Waals surface area contributed by atoms with Gasteiger partial charge < -0.3 is 9.88 Å². The fraction of sp³-hybridized carbons (Fsp3) is 0.476. The van der Waals surface area contributed by atoms with Crippen LogP contribution in [-0.4, -0.2) is 32.5 Å². The number of benzene rings is 1. The van der Waals surface area contributed by atoms with Crippen LogP contribution in [-0.2, 0) is 11.3 Å². The fourth-order valence-corrected chi connectivity index (χ4v) is 4.15. The van der Waals surface area contributed by atoms with Crippen molar-refractivity contribution in [1.29, 1.82) is 0 Å². The molecular weight excluding hydrogens is 356 g/mol. The molecule has 1 N–H and O–H groups in total. The summed E-state index contributed by atoms with van der Waals surface area (Å²) in [7, 11) is 0. The SMILES string of the molecule is Cc1nnc(S[C@H](C)C(=O)NCCC2=CCCCC2)n1Cc1ccccc1. The maximum Gasteiger partial charge on any atom is 0.233 e. The van der Waals surface area contributed by atoms with E-state index in [0.29, 0.717) is 13.1 Å². The molecule has 27 heavy (non-hydrogen) atoms. The molecule has 1 aromatic heterocycles. The molecule has 5 nitrogen and oxygen atoms in total. The van der Waals surface area contributed by atoms with Crippen LogP contribution in [0.3, 0.4) is 0 Å². The van der Waals surface area contributed by atoms with Crippen LogP contribution in [0.2, 0.25) is 0 Å². The molecule has 1 aromatic carbocycles. The van der Waals surface area contributed by atoms with Gasteiger partial charge >= 0.3 is 0 Å². The Kier molecular flexibility index (Phi) is 7.10. The molecule has 2 aromatic rings. The Morgan fingerprint density at radius 3 is 2.81 bits per heavy atom. The topological polar surface area (TPSA) is 59.8 Å². The quantitative estimate of drug-likeness (QED) is 0.549. The van der Waals surface area contributed by atoms with Gasteiger partial charge in [-0.05, 0) is 51.5 Å². The zero-order chi connectivity index (χ0) is 19.1. The van der Waals surface area contributed by atoms with E-state index in [0.717, 1.165) is 17.4 Å². The van der Waals surface area contributed by atoms with Crippen molar-refractivity contribution in [3.05, 3.63) is 53.4 Å². The first kappa shape index (κ1) is 19.7. The maximum atomic E-state index is 12.5. The second kappa shape index (κ2) is 9.74. The summed E-state index contributed by atoms with van der Waals surface area (Å²) >= 11 is 1.47. The van der Waals surface area contributed by atoms with Gasteiger partial charge in [0.2, 0.25) is 5.91 Å². The summed E-state index contributed by atoms with van der Waals surface area (Å²) in [5.41, 5.74) is 2.68. The molecule has 1 aliphatic carbocycles. The van der Waals surface area contributed by atoms with Gasteiger partial charge in [0.15, 0.2) is 5.16 Å². The third-order valence-corrected chi connectivity index (χ3v) is 5.95. The van der Waals surface area contributed by atoms with E-state index in [2.05, 4.69) is 38.3 Å². The molecule has 0 unspecified atom stereocenters. The number of hydrogen-bond donors (Lipinski definition) is 1. The zero-order valence-corrected chi connectivity index (χ0v) is 17.0. The van der Waals surface area contributed by atoms with Crippen LogP contribution in [0.15, 0.2) is 47.1 Å². The summed E-state index contributed by atoms with van der Waals surface area (Å²) in [4.78, 5) is 12.5. The number of carbonyl (C=O) groups is 1. The number of rotatable bonds is 8. The maximum absolute atomic E-state index is 12.5. The van der Waals surface area contributed by atoms with Gasteiger partial charge in [0, 0.05) is 6.54 Å². The Morgan fingerprint density at radius 2 is 2.07 bits per heavy atom. The Labute approximate surface area is 165 Å². The van der Waals surface area contributed by atoms with E-state index in [-0.39, 0.29) is 11.2 Å². The predicted molar refractivity (Wildman–Crippen MR) is 110 cm³/mol. The number of nitrogens with zero attached hydrogens (tertiary/aromatic N) is 3. The Hall–Kier alpha value is -2.08. The molecule has 1 aliphatic rings. The normalized spacial score (nSPS) is 15.3. The fourth-order valence-electron chi connectivity index (χ4n) is 3.23. The summed E-state index contributed by atoms with van der Waals surface area (Å²) in [5, 5.41) is 12.1. The lowest BCUT2D eigenvalue weighted by Crippen LogP contribution is -2.32. The smallest absolute Gasteiger partial charge is 0.233 e. The average molecular weight is 385 g/mol. The van der Waals surface area contributed by atoms with Crippen LogP contribution >= 0.6 is 11.8 Å². The van der Waals surface area contributed by atoms with Crippen LogP contribution in [0.1, 0.15) is 50.4 Å². The first-order chi connectivity index (χ1) is 13.1. The van der Waals surface area contributed by atoms with Crippen molar-refractivity contribution in [1.82, 2.24) is 20.1 Å². The minimum Gasteiger partial charge on any atom is -0.355 e. The van der Waals surface area contributed by atoms with Crippen molar-refractivity contribution in [3.8, 4) is 0 Å². The lowest BCUT2D eigenvalue weighted by atomic mass is 9.97. The molecule has 0 spiro atoms. The van der Waals surface area contributed by atoms with E-state index in [1.54, 1.807) is 0 Å². The summed E-state index contributed by atoms with van der Waals surface area (Å²) in [5.74, 6) is 0.918. The molecule has 0 fully saturated rings. The van der Waals surface area contributed by atoms with Crippen LogP contribution < -0.4 is 5.32 Å².